The summed E-state index contributed by atoms with van der Waals surface area (Å²) < 4.78 is 22.9. The number of hydrogen-bond acceptors (Lipinski definition) is 5. The summed E-state index contributed by atoms with van der Waals surface area (Å²) in [4.78, 5) is 15.6. The Labute approximate surface area is 139 Å². The zero-order valence-corrected chi connectivity index (χ0v) is 14.3. The Hall–Kier alpha value is -0.860. The molecule has 2 rings (SSSR count). The lowest BCUT2D eigenvalue weighted by molar-refractivity contribution is 0.102. The van der Waals surface area contributed by atoms with Crippen molar-refractivity contribution in [3.05, 3.63) is 38.3 Å². The van der Waals surface area contributed by atoms with Gasteiger partial charge in [0.1, 0.15) is 5.69 Å². The van der Waals surface area contributed by atoms with Crippen LogP contribution in [0.5, 0.6) is 0 Å². The molecule has 0 aliphatic carbocycles. The summed E-state index contributed by atoms with van der Waals surface area (Å²) >= 11 is 13.3. The molecule has 0 aliphatic rings. The van der Waals surface area contributed by atoms with Gasteiger partial charge in [-0.05, 0) is 18.6 Å². The van der Waals surface area contributed by atoms with Crippen LogP contribution >= 0.6 is 45.2 Å². The van der Waals surface area contributed by atoms with E-state index in [1.54, 1.807) is 5.38 Å². The molecule has 1 aromatic heterocycles. The molecule has 10 heteroatoms. The largest absolute Gasteiger partial charge is 0.318 e. The number of carbonyl (C=O) groups is 1. The predicted octanol–water partition coefficient (Wildman–Crippen LogP) is 3.94. The third-order valence-corrected chi connectivity index (χ3v) is 5.39. The third-order valence-electron chi connectivity index (χ3n) is 2.58. The average molecular weight is 386 g/mol. The van der Waals surface area contributed by atoms with Crippen LogP contribution in [0.25, 0.3) is 0 Å². The standard InChI is InChI=1S/C11H7Cl3N2O3S2/c1-5-8(21(14,18)19)2-6(12)10(9(5)13)16-11(17)7-3-20-4-15-7/h2-4H,1H3,(H,16,17). The SMILES string of the molecule is Cc1c(S(=O)(=O)Cl)cc(Cl)c(NC(=O)c2cscn2)c1Cl. The normalized spacial score (nSPS) is 11.4. The van der Waals surface area contributed by atoms with E-state index in [4.69, 9.17) is 33.9 Å². The molecule has 0 fully saturated rings. The number of thiazole rings is 1. The lowest BCUT2D eigenvalue weighted by Gasteiger charge is -2.13. The highest BCUT2D eigenvalue weighted by Gasteiger charge is 2.22. The van der Waals surface area contributed by atoms with E-state index in [0.717, 1.165) is 6.07 Å². The van der Waals surface area contributed by atoms with Crippen molar-refractivity contribution in [1.29, 1.82) is 0 Å². The number of anilines is 1. The van der Waals surface area contributed by atoms with Crippen LogP contribution in [-0.2, 0) is 9.05 Å². The van der Waals surface area contributed by atoms with Crippen LogP contribution < -0.4 is 5.32 Å². The molecule has 0 bridgehead atoms. The molecule has 0 aliphatic heterocycles. The van der Waals surface area contributed by atoms with Gasteiger partial charge in [-0.2, -0.15) is 0 Å². The lowest BCUT2D eigenvalue weighted by atomic mass is 10.2. The van der Waals surface area contributed by atoms with Gasteiger partial charge in [0, 0.05) is 16.1 Å². The molecule has 0 radical (unpaired) electrons. The lowest BCUT2D eigenvalue weighted by Crippen LogP contribution is -2.13. The summed E-state index contributed by atoms with van der Waals surface area (Å²) in [5.74, 6) is -0.499. The van der Waals surface area contributed by atoms with Crippen LogP contribution in [0.3, 0.4) is 0 Å². The first-order valence-electron chi connectivity index (χ1n) is 5.34. The third kappa shape index (κ3) is 3.49. The van der Waals surface area contributed by atoms with Gasteiger partial charge >= 0.3 is 0 Å². The Balaban J connectivity index is 2.47. The smallest absolute Gasteiger partial charge is 0.275 e. The van der Waals surface area contributed by atoms with Crippen molar-refractivity contribution < 1.29 is 13.2 Å². The minimum atomic E-state index is -3.99. The molecular formula is C11H7Cl3N2O3S2. The number of halogens is 3. The minimum absolute atomic E-state index is 0.00491. The molecule has 1 heterocycles. The second-order valence-electron chi connectivity index (χ2n) is 3.94. The number of rotatable bonds is 3. The predicted molar refractivity (Wildman–Crippen MR) is 84.3 cm³/mol. The van der Waals surface area contributed by atoms with Gasteiger partial charge in [-0.1, -0.05) is 23.2 Å². The maximum atomic E-state index is 11.9. The second kappa shape index (κ2) is 6.10. The molecule has 5 nitrogen and oxygen atoms in total. The number of aromatic nitrogens is 1. The van der Waals surface area contributed by atoms with Crippen molar-refractivity contribution in [2.45, 2.75) is 11.8 Å². The zero-order valence-electron chi connectivity index (χ0n) is 10.4. The monoisotopic (exact) mass is 384 g/mol. The highest BCUT2D eigenvalue weighted by atomic mass is 35.7. The van der Waals surface area contributed by atoms with E-state index in [0.29, 0.717) is 0 Å². The fourth-order valence-corrected chi connectivity index (χ4v) is 3.98. The van der Waals surface area contributed by atoms with Crippen molar-refractivity contribution >= 4 is 65.9 Å². The van der Waals surface area contributed by atoms with Gasteiger partial charge in [0.05, 0.1) is 26.1 Å². The molecule has 2 aromatic rings. The summed E-state index contributed by atoms with van der Waals surface area (Å²) in [5, 5.41) is 4.03. The number of benzene rings is 1. The number of nitrogens with zero attached hydrogens (tertiary/aromatic N) is 1. The summed E-state index contributed by atoms with van der Waals surface area (Å²) in [6, 6.07) is 1.14. The number of amides is 1. The van der Waals surface area contributed by atoms with Crippen molar-refractivity contribution in [3.8, 4) is 0 Å². The zero-order chi connectivity index (χ0) is 15.8. The molecular weight excluding hydrogens is 379 g/mol. The molecule has 0 saturated carbocycles. The van der Waals surface area contributed by atoms with E-state index in [2.05, 4.69) is 10.3 Å². The van der Waals surface area contributed by atoms with Crippen LogP contribution in [0.1, 0.15) is 16.1 Å². The topological polar surface area (TPSA) is 76.1 Å². The van der Waals surface area contributed by atoms with Gasteiger partial charge in [0.2, 0.25) is 0 Å². The fourth-order valence-electron chi connectivity index (χ4n) is 1.57. The summed E-state index contributed by atoms with van der Waals surface area (Å²) in [7, 11) is 1.32. The summed E-state index contributed by atoms with van der Waals surface area (Å²) in [5.41, 5.74) is 2.02. The molecule has 0 atom stereocenters. The first kappa shape index (κ1) is 16.5. The molecule has 0 unspecified atom stereocenters. The maximum Gasteiger partial charge on any atom is 0.275 e. The summed E-state index contributed by atoms with van der Waals surface area (Å²) in [6.07, 6.45) is 0. The Morgan fingerprint density at radius 1 is 1.38 bits per heavy atom. The van der Waals surface area contributed by atoms with Crippen molar-refractivity contribution in [2.24, 2.45) is 0 Å². The molecule has 1 N–H and O–H groups in total. The van der Waals surface area contributed by atoms with Gasteiger partial charge < -0.3 is 5.32 Å². The van der Waals surface area contributed by atoms with E-state index >= 15 is 0 Å². The second-order valence-corrected chi connectivity index (χ2v) is 7.97. The van der Waals surface area contributed by atoms with Crippen LogP contribution in [-0.4, -0.2) is 19.3 Å². The van der Waals surface area contributed by atoms with Crippen LogP contribution in [0, 0.1) is 6.92 Å². The van der Waals surface area contributed by atoms with E-state index < -0.39 is 15.0 Å². The fraction of sp³-hybridized carbons (Fsp3) is 0.0909. The molecule has 0 spiro atoms. The maximum absolute atomic E-state index is 11.9. The Kier molecular flexibility index (Phi) is 4.79. The van der Waals surface area contributed by atoms with Gasteiger partial charge in [-0.25, -0.2) is 13.4 Å². The molecule has 1 amide bonds. The van der Waals surface area contributed by atoms with Crippen molar-refractivity contribution in [1.82, 2.24) is 4.98 Å². The molecule has 112 valence electrons. The number of hydrogen-bond donors (Lipinski definition) is 1. The molecule has 21 heavy (non-hydrogen) atoms. The number of nitrogens with one attached hydrogen (secondary N) is 1. The van der Waals surface area contributed by atoms with Gasteiger partial charge in [0.25, 0.3) is 15.0 Å². The Bertz CT molecular complexity index is 805. The van der Waals surface area contributed by atoms with E-state index in [9.17, 15) is 13.2 Å². The first-order chi connectivity index (χ1) is 9.71. The highest BCUT2D eigenvalue weighted by Crippen LogP contribution is 2.38. The van der Waals surface area contributed by atoms with E-state index in [1.165, 1.54) is 23.8 Å². The van der Waals surface area contributed by atoms with Crippen LogP contribution in [0.2, 0.25) is 10.0 Å². The van der Waals surface area contributed by atoms with E-state index in [1.807, 2.05) is 0 Å². The molecule has 1 aromatic carbocycles. The average Bonchev–Trinajstić information content (AvgIpc) is 2.91. The van der Waals surface area contributed by atoms with Crippen LogP contribution in [0.15, 0.2) is 21.9 Å². The van der Waals surface area contributed by atoms with Gasteiger partial charge in [-0.15, -0.1) is 11.3 Å². The first-order valence-corrected chi connectivity index (χ1v) is 9.35. The Morgan fingerprint density at radius 2 is 2.05 bits per heavy atom. The van der Waals surface area contributed by atoms with Crippen molar-refractivity contribution in [2.75, 3.05) is 5.32 Å². The minimum Gasteiger partial charge on any atom is -0.318 e. The summed E-state index contributed by atoms with van der Waals surface area (Å²) in [6.45, 7) is 1.46. The van der Waals surface area contributed by atoms with E-state index in [-0.39, 0.29) is 31.9 Å². The van der Waals surface area contributed by atoms with Gasteiger partial charge in [0.15, 0.2) is 0 Å². The van der Waals surface area contributed by atoms with Crippen molar-refractivity contribution in [3.63, 3.8) is 0 Å². The number of carbonyl (C=O) groups excluding carboxylic acids is 1. The molecule has 0 saturated heterocycles. The van der Waals surface area contributed by atoms with Crippen LogP contribution in [0.4, 0.5) is 5.69 Å². The highest BCUT2D eigenvalue weighted by molar-refractivity contribution is 8.13. The Morgan fingerprint density at radius 3 is 2.57 bits per heavy atom. The van der Waals surface area contributed by atoms with Gasteiger partial charge in [-0.3, -0.25) is 4.79 Å². The quantitative estimate of drug-likeness (QED) is 0.812.